The first-order valence-corrected chi connectivity index (χ1v) is 8.17. The molecule has 5 aliphatic rings. The Bertz CT molecular complexity index is 353. The molecule has 3 nitrogen and oxygen atoms in total. The molecule has 0 radical (unpaired) electrons. The van der Waals surface area contributed by atoms with Gasteiger partial charge in [-0.2, -0.15) is 0 Å². The van der Waals surface area contributed by atoms with E-state index in [0.29, 0.717) is 11.7 Å². The Kier molecular flexibility index (Phi) is 2.96. The summed E-state index contributed by atoms with van der Waals surface area (Å²) in [5.41, 5.74) is 0. The van der Waals surface area contributed by atoms with Gasteiger partial charge >= 0.3 is 0 Å². The maximum Gasteiger partial charge on any atom is 0.154 e. The number of carbonyl (C=O) groups excluding carboxylic acids is 1. The molecule has 4 aliphatic carbocycles. The number of hydrogen-bond donors (Lipinski definition) is 1. The molecule has 0 aromatic heterocycles. The number of hydrogen-bond acceptors (Lipinski definition) is 3. The Hall–Kier alpha value is -0.410. The predicted molar refractivity (Wildman–Crippen MR) is 74.8 cm³/mol. The van der Waals surface area contributed by atoms with Crippen molar-refractivity contribution in [3.05, 3.63) is 0 Å². The van der Waals surface area contributed by atoms with Gasteiger partial charge in [0.15, 0.2) is 5.78 Å². The number of ketones is 1. The third-order valence-electron chi connectivity index (χ3n) is 6.39. The van der Waals surface area contributed by atoms with Crippen molar-refractivity contribution >= 4 is 5.78 Å². The van der Waals surface area contributed by atoms with Crippen LogP contribution in [0.5, 0.6) is 0 Å². The summed E-state index contributed by atoms with van der Waals surface area (Å²) >= 11 is 0. The summed E-state index contributed by atoms with van der Waals surface area (Å²) in [6.07, 6.45) is 6.89. The zero-order chi connectivity index (χ0) is 13.0. The van der Waals surface area contributed by atoms with Crippen molar-refractivity contribution in [3.8, 4) is 0 Å². The molecule has 4 saturated carbocycles. The van der Waals surface area contributed by atoms with Crippen molar-refractivity contribution in [1.29, 1.82) is 0 Å². The van der Waals surface area contributed by atoms with Gasteiger partial charge in [-0.25, -0.2) is 0 Å². The molecule has 0 aromatic rings. The van der Waals surface area contributed by atoms with E-state index >= 15 is 0 Å². The third-order valence-corrected chi connectivity index (χ3v) is 6.39. The van der Waals surface area contributed by atoms with Gasteiger partial charge in [0.25, 0.3) is 0 Å². The van der Waals surface area contributed by atoms with Crippen LogP contribution in [-0.2, 0) is 4.79 Å². The number of nitrogens with zero attached hydrogens (tertiary/aromatic N) is 1. The molecular formula is C16H26N2O. The summed E-state index contributed by atoms with van der Waals surface area (Å²) in [6, 6.07) is 0.149. The molecule has 0 aromatic carbocycles. The molecule has 1 N–H and O–H groups in total. The van der Waals surface area contributed by atoms with Gasteiger partial charge < -0.3 is 5.32 Å². The lowest BCUT2D eigenvalue weighted by atomic mass is 9.50. The molecule has 1 heterocycles. The Balaban J connectivity index is 1.53. The molecule has 1 aliphatic heterocycles. The number of carbonyl (C=O) groups is 1. The van der Waals surface area contributed by atoms with Crippen molar-refractivity contribution in [3.63, 3.8) is 0 Å². The number of nitrogens with one attached hydrogen (secondary N) is 1. The van der Waals surface area contributed by atoms with Crippen LogP contribution in [0.2, 0.25) is 0 Å². The molecule has 106 valence electrons. The number of rotatable bonds is 2. The summed E-state index contributed by atoms with van der Waals surface area (Å²) in [7, 11) is 2.12. The van der Waals surface area contributed by atoms with E-state index in [1.165, 1.54) is 32.1 Å². The highest BCUT2D eigenvalue weighted by Gasteiger charge is 2.51. The zero-order valence-corrected chi connectivity index (χ0v) is 12.0. The first-order chi connectivity index (χ1) is 9.22. The van der Waals surface area contributed by atoms with Gasteiger partial charge in [0.05, 0.1) is 6.04 Å². The third kappa shape index (κ3) is 1.97. The van der Waals surface area contributed by atoms with Gasteiger partial charge in [-0.1, -0.05) is 0 Å². The fourth-order valence-electron chi connectivity index (χ4n) is 5.74. The van der Waals surface area contributed by atoms with E-state index < -0.39 is 0 Å². The van der Waals surface area contributed by atoms with E-state index in [1.807, 2.05) is 0 Å². The number of piperazine rings is 1. The molecule has 0 spiro atoms. The highest BCUT2D eigenvalue weighted by atomic mass is 16.1. The summed E-state index contributed by atoms with van der Waals surface area (Å²) in [5.74, 6) is 4.38. The van der Waals surface area contributed by atoms with E-state index in [2.05, 4.69) is 17.3 Å². The van der Waals surface area contributed by atoms with Crippen LogP contribution in [0.15, 0.2) is 0 Å². The second kappa shape index (κ2) is 4.56. The van der Waals surface area contributed by atoms with Gasteiger partial charge in [0.2, 0.25) is 0 Å². The van der Waals surface area contributed by atoms with Gasteiger partial charge in [0, 0.05) is 25.6 Å². The van der Waals surface area contributed by atoms with Crippen LogP contribution in [0, 0.1) is 29.6 Å². The van der Waals surface area contributed by atoms with Crippen molar-refractivity contribution in [1.82, 2.24) is 10.2 Å². The minimum Gasteiger partial charge on any atom is -0.313 e. The SMILES string of the molecule is CN1CCNCC1C(=O)C1C2CC3CC(C2)CC1C3. The standard InChI is InChI=1S/C16H26N2O/c1-18-3-2-17-9-14(18)16(19)15-12-5-10-4-11(7-12)8-13(15)6-10/h10-15,17H,2-9H2,1H3. The van der Waals surface area contributed by atoms with Gasteiger partial charge in [0.1, 0.15) is 0 Å². The fourth-order valence-corrected chi connectivity index (χ4v) is 5.74. The quantitative estimate of drug-likeness (QED) is 0.819. The highest BCUT2D eigenvalue weighted by Crippen LogP contribution is 2.56. The Morgan fingerprint density at radius 1 is 1.05 bits per heavy atom. The minimum atomic E-state index is 0.149. The zero-order valence-electron chi connectivity index (χ0n) is 12.0. The molecule has 0 amide bonds. The van der Waals surface area contributed by atoms with Gasteiger partial charge in [-0.05, 0) is 62.8 Å². The van der Waals surface area contributed by atoms with Crippen LogP contribution < -0.4 is 5.32 Å². The first-order valence-electron chi connectivity index (χ1n) is 8.17. The van der Waals surface area contributed by atoms with Crippen molar-refractivity contribution in [2.75, 3.05) is 26.7 Å². The van der Waals surface area contributed by atoms with E-state index in [1.54, 1.807) is 0 Å². The lowest BCUT2D eigenvalue weighted by Crippen LogP contribution is -2.58. The predicted octanol–water partition coefficient (Wildman–Crippen LogP) is 1.53. The van der Waals surface area contributed by atoms with Crippen LogP contribution in [0.3, 0.4) is 0 Å². The Labute approximate surface area is 116 Å². The highest BCUT2D eigenvalue weighted by molar-refractivity contribution is 5.87. The normalized spacial score (nSPS) is 49.5. The molecule has 3 heteroatoms. The molecule has 19 heavy (non-hydrogen) atoms. The van der Waals surface area contributed by atoms with Crippen molar-refractivity contribution in [2.24, 2.45) is 29.6 Å². The number of likely N-dealkylation sites (N-methyl/N-ethyl adjacent to an activating group) is 1. The molecule has 4 bridgehead atoms. The molecular weight excluding hydrogens is 236 g/mol. The monoisotopic (exact) mass is 262 g/mol. The average Bonchev–Trinajstić information content (AvgIpc) is 2.37. The van der Waals surface area contributed by atoms with Gasteiger partial charge in [-0.15, -0.1) is 0 Å². The van der Waals surface area contributed by atoms with Gasteiger partial charge in [-0.3, -0.25) is 9.69 Å². The minimum absolute atomic E-state index is 0.149. The van der Waals surface area contributed by atoms with E-state index in [9.17, 15) is 4.79 Å². The second-order valence-corrected chi connectivity index (χ2v) is 7.56. The molecule has 1 saturated heterocycles. The molecule has 5 rings (SSSR count). The fraction of sp³-hybridized carbons (Fsp3) is 0.938. The van der Waals surface area contributed by atoms with Crippen LogP contribution in [0.25, 0.3) is 0 Å². The molecule has 1 unspecified atom stereocenters. The van der Waals surface area contributed by atoms with E-state index in [-0.39, 0.29) is 6.04 Å². The second-order valence-electron chi connectivity index (χ2n) is 7.56. The average molecular weight is 262 g/mol. The Morgan fingerprint density at radius 3 is 2.26 bits per heavy atom. The molecule has 1 atom stereocenters. The van der Waals surface area contributed by atoms with Crippen LogP contribution in [0.1, 0.15) is 32.1 Å². The molecule has 5 fully saturated rings. The van der Waals surface area contributed by atoms with E-state index in [0.717, 1.165) is 43.3 Å². The first kappa shape index (κ1) is 12.3. The Morgan fingerprint density at radius 2 is 1.68 bits per heavy atom. The lowest BCUT2D eigenvalue weighted by Gasteiger charge is -2.54. The van der Waals surface area contributed by atoms with Crippen molar-refractivity contribution < 1.29 is 4.79 Å². The summed E-state index contributed by atoms with van der Waals surface area (Å²) in [6.45, 7) is 2.92. The maximum absolute atomic E-state index is 13.0. The smallest absolute Gasteiger partial charge is 0.154 e. The summed E-state index contributed by atoms with van der Waals surface area (Å²) < 4.78 is 0. The van der Waals surface area contributed by atoms with Crippen molar-refractivity contribution in [2.45, 2.75) is 38.1 Å². The summed E-state index contributed by atoms with van der Waals surface area (Å²) in [4.78, 5) is 15.3. The lowest BCUT2D eigenvalue weighted by molar-refractivity contribution is -0.141. The van der Waals surface area contributed by atoms with Crippen LogP contribution in [0.4, 0.5) is 0 Å². The van der Waals surface area contributed by atoms with Crippen LogP contribution >= 0.6 is 0 Å². The largest absolute Gasteiger partial charge is 0.313 e. The topological polar surface area (TPSA) is 32.3 Å². The number of Topliss-reactive ketones (excluding diaryl/α,β-unsaturated/α-hetero) is 1. The van der Waals surface area contributed by atoms with E-state index in [4.69, 9.17) is 0 Å². The maximum atomic E-state index is 13.0. The van der Waals surface area contributed by atoms with Crippen LogP contribution in [-0.4, -0.2) is 43.4 Å². The summed E-state index contributed by atoms with van der Waals surface area (Å²) in [5, 5.41) is 3.41.